The van der Waals surface area contributed by atoms with Gasteiger partial charge >= 0.3 is 12.1 Å². The van der Waals surface area contributed by atoms with E-state index >= 15 is 0 Å². The van der Waals surface area contributed by atoms with Gasteiger partial charge in [-0.3, -0.25) is 0 Å². The average Bonchev–Trinajstić information content (AvgIpc) is 2.61. The van der Waals surface area contributed by atoms with E-state index in [2.05, 4.69) is 21.2 Å². The van der Waals surface area contributed by atoms with Gasteiger partial charge in [-0.25, -0.2) is 9.59 Å². The number of rotatable bonds is 3. The molecule has 0 aliphatic rings. The van der Waals surface area contributed by atoms with Gasteiger partial charge in [-0.15, -0.1) is 11.3 Å². The fourth-order valence-corrected chi connectivity index (χ4v) is 2.79. The summed E-state index contributed by atoms with van der Waals surface area (Å²) in [6.07, 6.45) is -0.762. The summed E-state index contributed by atoms with van der Waals surface area (Å²) in [5.74, 6) is -1.15. The molecule has 1 unspecified atom stereocenters. The number of carboxylic acids is 1. The molecule has 0 aromatic carbocycles. The van der Waals surface area contributed by atoms with Crippen LogP contribution in [0.3, 0.4) is 0 Å². The van der Waals surface area contributed by atoms with Gasteiger partial charge in [0.05, 0.1) is 3.79 Å². The van der Waals surface area contributed by atoms with Gasteiger partial charge in [-0.1, -0.05) is 0 Å². The fraction of sp³-hybridized carbons (Fsp3) is 0.500. The van der Waals surface area contributed by atoms with Gasteiger partial charge in [-0.05, 0) is 55.8 Å². The number of carbonyl (C=O) groups excluding carboxylic acids is 1. The monoisotopic (exact) mass is 349 g/mol. The number of carboxylic acid groups (broad SMARTS) is 1. The van der Waals surface area contributed by atoms with E-state index in [0.29, 0.717) is 4.88 Å². The number of carbonyl (C=O) groups is 2. The van der Waals surface area contributed by atoms with Gasteiger partial charge in [0.2, 0.25) is 0 Å². The van der Waals surface area contributed by atoms with Crippen LogP contribution in [0.1, 0.15) is 32.6 Å². The summed E-state index contributed by atoms with van der Waals surface area (Å²) in [6.45, 7) is 6.57. The van der Waals surface area contributed by atoms with Gasteiger partial charge in [0.25, 0.3) is 0 Å². The van der Waals surface area contributed by atoms with E-state index in [9.17, 15) is 14.7 Å². The maximum absolute atomic E-state index is 11.8. The molecule has 1 aromatic heterocycles. The van der Waals surface area contributed by atoms with Crippen LogP contribution in [0.15, 0.2) is 15.9 Å². The van der Waals surface area contributed by atoms with Crippen LogP contribution in [0.25, 0.3) is 0 Å². The molecule has 0 radical (unpaired) electrons. The molecule has 1 aromatic rings. The highest BCUT2D eigenvalue weighted by Crippen LogP contribution is 2.31. The molecule has 1 heterocycles. The molecule has 0 saturated carbocycles. The Balaban J connectivity index is 2.96. The zero-order valence-electron chi connectivity index (χ0n) is 11.1. The lowest BCUT2D eigenvalue weighted by atomic mass is 10.0. The van der Waals surface area contributed by atoms with Crippen LogP contribution < -0.4 is 5.32 Å². The van der Waals surface area contributed by atoms with E-state index in [1.165, 1.54) is 18.3 Å². The van der Waals surface area contributed by atoms with Crippen molar-refractivity contribution in [3.05, 3.63) is 20.8 Å². The number of halogens is 1. The smallest absolute Gasteiger partial charge is 0.408 e. The largest absolute Gasteiger partial charge is 0.479 e. The highest BCUT2D eigenvalue weighted by molar-refractivity contribution is 9.11. The van der Waals surface area contributed by atoms with E-state index in [0.717, 1.165) is 3.79 Å². The number of ether oxygens (including phenoxy) is 1. The minimum Gasteiger partial charge on any atom is -0.479 e. The summed E-state index contributed by atoms with van der Waals surface area (Å²) in [4.78, 5) is 23.7. The first-order valence-electron chi connectivity index (χ1n) is 5.55. The van der Waals surface area contributed by atoms with Crippen LogP contribution in [0.2, 0.25) is 0 Å². The van der Waals surface area contributed by atoms with E-state index in [4.69, 9.17) is 4.74 Å². The summed E-state index contributed by atoms with van der Waals surface area (Å²) >= 11 is 4.52. The molecular formula is C12H16BrNO4S. The first-order chi connectivity index (χ1) is 8.54. The van der Waals surface area contributed by atoms with E-state index < -0.39 is 23.2 Å². The Labute approximate surface area is 124 Å². The van der Waals surface area contributed by atoms with Crippen LogP contribution in [-0.4, -0.2) is 22.8 Å². The standard InChI is InChI=1S/C12H16BrNO4S/c1-11(2,3)18-10(17)14-12(4,9(15)16)7-5-6-8(13)19-7/h5-6H,1-4H3,(H,14,17)(H,15,16). The SMILES string of the molecule is CC(C)(C)OC(=O)NC(C)(C(=O)O)c1ccc(Br)s1. The molecule has 7 heteroatoms. The third-order valence-corrected chi connectivity index (χ3v) is 4.09. The Bertz CT molecular complexity index is 494. The number of thiophene rings is 1. The van der Waals surface area contributed by atoms with E-state index in [1.807, 2.05) is 0 Å². The van der Waals surface area contributed by atoms with Crippen molar-refractivity contribution < 1.29 is 19.4 Å². The highest BCUT2D eigenvalue weighted by Gasteiger charge is 2.39. The Morgan fingerprint density at radius 3 is 2.26 bits per heavy atom. The van der Waals surface area contributed by atoms with Gasteiger partial charge in [0.15, 0.2) is 5.54 Å². The second-order valence-electron chi connectivity index (χ2n) is 5.16. The van der Waals surface area contributed by atoms with Crippen molar-refractivity contribution in [2.75, 3.05) is 0 Å². The summed E-state index contributed by atoms with van der Waals surface area (Å²) in [7, 11) is 0. The summed E-state index contributed by atoms with van der Waals surface area (Å²) < 4.78 is 5.88. The third kappa shape index (κ3) is 4.21. The predicted molar refractivity (Wildman–Crippen MR) is 76.4 cm³/mol. The Morgan fingerprint density at radius 1 is 1.32 bits per heavy atom. The topological polar surface area (TPSA) is 75.6 Å². The van der Waals surface area contributed by atoms with Crippen LogP contribution in [-0.2, 0) is 15.1 Å². The number of aliphatic carboxylic acids is 1. The quantitative estimate of drug-likeness (QED) is 0.877. The number of nitrogens with one attached hydrogen (secondary N) is 1. The van der Waals surface area contributed by atoms with Crippen LogP contribution in [0, 0.1) is 0 Å². The summed E-state index contributed by atoms with van der Waals surface area (Å²) in [5.41, 5.74) is -2.20. The molecule has 0 saturated heterocycles. The van der Waals surface area contributed by atoms with Gasteiger partial charge < -0.3 is 15.2 Å². The Hall–Kier alpha value is -1.08. The maximum Gasteiger partial charge on any atom is 0.408 e. The molecule has 2 N–H and O–H groups in total. The van der Waals surface area contributed by atoms with Crippen molar-refractivity contribution in [3.8, 4) is 0 Å². The Kier molecular flexibility index (Phi) is 4.63. The molecule has 0 spiro atoms. The van der Waals surface area contributed by atoms with Gasteiger partial charge in [-0.2, -0.15) is 0 Å². The normalized spacial score (nSPS) is 14.6. The van der Waals surface area contributed by atoms with Crippen molar-refractivity contribution in [3.63, 3.8) is 0 Å². The second-order valence-corrected chi connectivity index (χ2v) is 7.62. The van der Waals surface area contributed by atoms with E-state index in [1.54, 1.807) is 32.9 Å². The first kappa shape index (κ1) is 16.0. The lowest BCUT2D eigenvalue weighted by Gasteiger charge is -2.27. The number of hydrogen-bond donors (Lipinski definition) is 2. The van der Waals surface area contributed by atoms with Crippen molar-refractivity contribution >= 4 is 39.3 Å². The molecular weight excluding hydrogens is 334 g/mol. The molecule has 5 nitrogen and oxygen atoms in total. The minimum atomic E-state index is -1.51. The summed E-state index contributed by atoms with van der Waals surface area (Å²) in [5, 5.41) is 11.8. The van der Waals surface area contributed by atoms with Crippen LogP contribution in [0.5, 0.6) is 0 Å². The molecule has 1 amide bonds. The van der Waals surface area contributed by atoms with Crippen LogP contribution >= 0.6 is 27.3 Å². The first-order valence-corrected chi connectivity index (χ1v) is 7.16. The molecule has 0 fully saturated rings. The zero-order chi connectivity index (χ0) is 14.8. The fourth-order valence-electron chi connectivity index (χ4n) is 1.31. The predicted octanol–water partition coefficient (Wildman–Crippen LogP) is 3.34. The third-order valence-electron chi connectivity index (χ3n) is 2.24. The molecule has 19 heavy (non-hydrogen) atoms. The molecule has 106 valence electrons. The molecule has 1 rings (SSSR count). The molecule has 1 atom stereocenters. The van der Waals surface area contributed by atoms with Crippen molar-refractivity contribution in [2.24, 2.45) is 0 Å². The lowest BCUT2D eigenvalue weighted by Crippen LogP contribution is -2.50. The number of amides is 1. The number of hydrogen-bond acceptors (Lipinski definition) is 4. The molecule has 0 aliphatic heterocycles. The number of alkyl carbamates (subject to hydrolysis) is 1. The Morgan fingerprint density at radius 2 is 1.89 bits per heavy atom. The highest BCUT2D eigenvalue weighted by atomic mass is 79.9. The van der Waals surface area contributed by atoms with Crippen LogP contribution in [0.4, 0.5) is 4.79 Å². The van der Waals surface area contributed by atoms with Crippen molar-refractivity contribution in [1.29, 1.82) is 0 Å². The molecule has 0 bridgehead atoms. The van der Waals surface area contributed by atoms with Gasteiger partial charge in [0, 0.05) is 4.88 Å². The summed E-state index contributed by atoms with van der Waals surface area (Å²) in [6, 6.07) is 3.39. The van der Waals surface area contributed by atoms with E-state index in [-0.39, 0.29) is 0 Å². The minimum absolute atomic E-state index is 0.512. The maximum atomic E-state index is 11.8. The second kappa shape index (κ2) is 5.50. The van der Waals surface area contributed by atoms with Crippen molar-refractivity contribution in [2.45, 2.75) is 38.8 Å². The molecule has 0 aliphatic carbocycles. The van der Waals surface area contributed by atoms with Crippen molar-refractivity contribution in [1.82, 2.24) is 5.32 Å². The average molecular weight is 350 g/mol. The van der Waals surface area contributed by atoms with Gasteiger partial charge in [0.1, 0.15) is 5.60 Å². The zero-order valence-corrected chi connectivity index (χ0v) is 13.5. The lowest BCUT2D eigenvalue weighted by molar-refractivity contribution is -0.144.